The van der Waals surface area contributed by atoms with E-state index in [1.807, 2.05) is 30.3 Å². The van der Waals surface area contributed by atoms with E-state index in [2.05, 4.69) is 21.2 Å². The van der Waals surface area contributed by atoms with Crippen LogP contribution in [0.4, 0.5) is 11.4 Å². The van der Waals surface area contributed by atoms with Crippen molar-refractivity contribution in [1.29, 1.82) is 0 Å². The standard InChI is InChI=1S/C22H26ClN3O/c23-18-6-4-7-19(16-18)24-22(27)17-5-3-8-21(15-17)26-13-9-20(10-14-26)25-11-1-2-12-25/h3-8,15-16,20H,1-2,9-14H2,(H,24,27). The first kappa shape index (κ1) is 18.3. The molecule has 0 spiro atoms. The minimum Gasteiger partial charge on any atom is -0.371 e. The van der Waals surface area contributed by atoms with E-state index in [1.165, 1.54) is 38.8 Å². The van der Waals surface area contributed by atoms with Crippen LogP contribution in [-0.4, -0.2) is 43.0 Å². The lowest BCUT2D eigenvalue weighted by Crippen LogP contribution is -2.43. The molecule has 2 fully saturated rings. The fourth-order valence-electron chi connectivity index (χ4n) is 4.21. The molecule has 2 aliphatic rings. The summed E-state index contributed by atoms with van der Waals surface area (Å²) < 4.78 is 0. The summed E-state index contributed by atoms with van der Waals surface area (Å²) >= 11 is 6.00. The van der Waals surface area contributed by atoms with Gasteiger partial charge in [0.1, 0.15) is 0 Å². The summed E-state index contributed by atoms with van der Waals surface area (Å²) in [5.74, 6) is -0.105. The lowest BCUT2D eigenvalue weighted by atomic mass is 10.0. The van der Waals surface area contributed by atoms with Gasteiger partial charge in [0.15, 0.2) is 0 Å². The summed E-state index contributed by atoms with van der Waals surface area (Å²) in [6, 6.07) is 15.9. The molecule has 2 aliphatic heterocycles. The minimum atomic E-state index is -0.105. The van der Waals surface area contributed by atoms with Crippen LogP contribution >= 0.6 is 11.6 Å². The molecular formula is C22H26ClN3O. The maximum absolute atomic E-state index is 12.6. The normalized spacial score (nSPS) is 18.6. The van der Waals surface area contributed by atoms with Crippen LogP contribution in [0.15, 0.2) is 48.5 Å². The summed E-state index contributed by atoms with van der Waals surface area (Å²) in [7, 11) is 0. The summed E-state index contributed by atoms with van der Waals surface area (Å²) in [6.45, 7) is 4.65. The number of likely N-dealkylation sites (tertiary alicyclic amines) is 1. The topological polar surface area (TPSA) is 35.6 Å². The number of piperidine rings is 1. The Hall–Kier alpha value is -2.04. The van der Waals surface area contributed by atoms with Crippen LogP contribution in [0.2, 0.25) is 5.02 Å². The second-order valence-corrected chi connectivity index (χ2v) is 7.91. The molecule has 0 atom stereocenters. The van der Waals surface area contributed by atoms with E-state index in [0.29, 0.717) is 16.3 Å². The van der Waals surface area contributed by atoms with Gasteiger partial charge in [-0.2, -0.15) is 0 Å². The average molecular weight is 384 g/mol. The van der Waals surface area contributed by atoms with Gasteiger partial charge in [0.2, 0.25) is 0 Å². The van der Waals surface area contributed by atoms with Crippen LogP contribution in [0.3, 0.4) is 0 Å². The molecule has 0 aromatic heterocycles. The zero-order valence-corrected chi connectivity index (χ0v) is 16.3. The molecule has 5 heteroatoms. The molecule has 0 aliphatic carbocycles. The number of hydrogen-bond acceptors (Lipinski definition) is 3. The van der Waals surface area contributed by atoms with Gasteiger partial charge in [-0.05, 0) is 75.2 Å². The second kappa shape index (κ2) is 8.32. The number of anilines is 2. The molecule has 1 amide bonds. The average Bonchev–Trinajstić information content (AvgIpc) is 3.23. The summed E-state index contributed by atoms with van der Waals surface area (Å²) in [6.07, 6.45) is 5.12. The highest BCUT2D eigenvalue weighted by Crippen LogP contribution is 2.26. The van der Waals surface area contributed by atoms with Crippen molar-refractivity contribution in [2.24, 2.45) is 0 Å². The predicted molar refractivity (Wildman–Crippen MR) is 112 cm³/mol. The Kier molecular flexibility index (Phi) is 5.65. The molecule has 142 valence electrons. The van der Waals surface area contributed by atoms with Gasteiger partial charge in [-0.15, -0.1) is 0 Å². The van der Waals surface area contributed by atoms with Crippen LogP contribution in [-0.2, 0) is 0 Å². The highest BCUT2D eigenvalue weighted by molar-refractivity contribution is 6.31. The van der Waals surface area contributed by atoms with Crippen molar-refractivity contribution in [1.82, 2.24) is 4.90 Å². The predicted octanol–water partition coefficient (Wildman–Crippen LogP) is 4.66. The molecule has 0 unspecified atom stereocenters. The largest absolute Gasteiger partial charge is 0.371 e. The first-order valence-electron chi connectivity index (χ1n) is 9.85. The molecule has 2 aromatic rings. The van der Waals surface area contributed by atoms with Crippen molar-refractivity contribution in [2.45, 2.75) is 31.7 Å². The van der Waals surface area contributed by atoms with Gasteiger partial charge < -0.3 is 15.1 Å². The first-order chi connectivity index (χ1) is 13.2. The number of rotatable bonds is 4. The molecular weight excluding hydrogens is 358 g/mol. The molecule has 4 nitrogen and oxygen atoms in total. The molecule has 4 rings (SSSR count). The van der Waals surface area contributed by atoms with Crippen LogP contribution in [0.25, 0.3) is 0 Å². The minimum absolute atomic E-state index is 0.105. The Balaban J connectivity index is 1.39. The lowest BCUT2D eigenvalue weighted by Gasteiger charge is -2.37. The van der Waals surface area contributed by atoms with E-state index in [4.69, 9.17) is 11.6 Å². The summed E-state index contributed by atoms with van der Waals surface area (Å²) in [4.78, 5) is 17.7. The quantitative estimate of drug-likeness (QED) is 0.834. The fourth-order valence-corrected chi connectivity index (χ4v) is 4.40. The van der Waals surface area contributed by atoms with E-state index < -0.39 is 0 Å². The van der Waals surface area contributed by atoms with Crippen molar-refractivity contribution in [3.63, 3.8) is 0 Å². The molecule has 0 saturated carbocycles. The number of halogens is 1. The van der Waals surface area contributed by atoms with Gasteiger partial charge in [-0.25, -0.2) is 0 Å². The Morgan fingerprint density at radius 1 is 0.963 bits per heavy atom. The Labute approximate surface area is 166 Å². The number of nitrogens with one attached hydrogen (secondary N) is 1. The smallest absolute Gasteiger partial charge is 0.255 e. The Bertz CT molecular complexity index is 796. The third-order valence-corrected chi connectivity index (χ3v) is 5.91. The van der Waals surface area contributed by atoms with Crippen molar-refractivity contribution in [2.75, 3.05) is 36.4 Å². The van der Waals surface area contributed by atoms with Gasteiger partial charge >= 0.3 is 0 Å². The monoisotopic (exact) mass is 383 g/mol. The van der Waals surface area contributed by atoms with Crippen molar-refractivity contribution < 1.29 is 4.79 Å². The van der Waals surface area contributed by atoms with Crippen molar-refractivity contribution >= 4 is 28.9 Å². The van der Waals surface area contributed by atoms with Gasteiger partial charge in [0.25, 0.3) is 5.91 Å². The molecule has 1 N–H and O–H groups in total. The van der Waals surface area contributed by atoms with Gasteiger partial charge in [0, 0.05) is 41.1 Å². The molecule has 2 saturated heterocycles. The highest BCUT2D eigenvalue weighted by Gasteiger charge is 2.26. The van der Waals surface area contributed by atoms with Crippen LogP contribution in [0.1, 0.15) is 36.0 Å². The van der Waals surface area contributed by atoms with E-state index in [0.717, 1.165) is 24.8 Å². The Morgan fingerprint density at radius 2 is 1.70 bits per heavy atom. The molecule has 0 bridgehead atoms. The maximum Gasteiger partial charge on any atom is 0.255 e. The maximum atomic E-state index is 12.6. The molecule has 2 aromatic carbocycles. The number of benzene rings is 2. The molecule has 27 heavy (non-hydrogen) atoms. The van der Waals surface area contributed by atoms with E-state index >= 15 is 0 Å². The SMILES string of the molecule is O=C(Nc1cccc(Cl)c1)c1cccc(N2CCC(N3CCCC3)CC2)c1. The third-order valence-electron chi connectivity index (χ3n) is 5.68. The van der Waals surface area contributed by atoms with Gasteiger partial charge in [0.05, 0.1) is 0 Å². The number of hydrogen-bond donors (Lipinski definition) is 1. The highest BCUT2D eigenvalue weighted by atomic mass is 35.5. The number of nitrogens with zero attached hydrogens (tertiary/aromatic N) is 2. The fraction of sp³-hybridized carbons (Fsp3) is 0.409. The molecule has 2 heterocycles. The number of carbonyl (C=O) groups is 1. The number of carbonyl (C=O) groups excluding carboxylic acids is 1. The second-order valence-electron chi connectivity index (χ2n) is 7.48. The molecule has 0 radical (unpaired) electrons. The van der Waals surface area contributed by atoms with Gasteiger partial charge in [-0.3, -0.25) is 4.79 Å². The van der Waals surface area contributed by atoms with E-state index in [-0.39, 0.29) is 5.91 Å². The van der Waals surface area contributed by atoms with Crippen LogP contribution in [0, 0.1) is 0 Å². The zero-order valence-electron chi connectivity index (χ0n) is 15.5. The van der Waals surface area contributed by atoms with E-state index in [1.54, 1.807) is 12.1 Å². The number of amides is 1. The first-order valence-corrected chi connectivity index (χ1v) is 10.2. The Morgan fingerprint density at radius 3 is 2.44 bits per heavy atom. The summed E-state index contributed by atoms with van der Waals surface area (Å²) in [5.41, 5.74) is 2.52. The van der Waals surface area contributed by atoms with Crippen molar-refractivity contribution in [3.8, 4) is 0 Å². The van der Waals surface area contributed by atoms with Gasteiger partial charge in [-0.1, -0.05) is 23.7 Å². The summed E-state index contributed by atoms with van der Waals surface area (Å²) in [5, 5.41) is 3.54. The third kappa shape index (κ3) is 4.45. The zero-order chi connectivity index (χ0) is 18.6. The van der Waals surface area contributed by atoms with Crippen LogP contribution in [0.5, 0.6) is 0 Å². The van der Waals surface area contributed by atoms with Crippen LogP contribution < -0.4 is 10.2 Å². The lowest BCUT2D eigenvalue weighted by molar-refractivity contribution is 0.102. The van der Waals surface area contributed by atoms with Crippen molar-refractivity contribution in [3.05, 3.63) is 59.1 Å². The van der Waals surface area contributed by atoms with E-state index in [9.17, 15) is 4.79 Å².